The van der Waals surface area contributed by atoms with Gasteiger partial charge in [0, 0.05) is 25.2 Å². The van der Waals surface area contributed by atoms with Gasteiger partial charge in [-0.15, -0.1) is 0 Å². The van der Waals surface area contributed by atoms with Gasteiger partial charge in [0.1, 0.15) is 12.4 Å². The van der Waals surface area contributed by atoms with Gasteiger partial charge in [0.2, 0.25) is 0 Å². The molecule has 2 aromatic rings. The normalized spacial score (nSPS) is 15.0. The van der Waals surface area contributed by atoms with Crippen LogP contribution in [-0.2, 0) is 4.74 Å². The molecule has 3 rings (SSSR count). The zero-order valence-corrected chi connectivity index (χ0v) is 14.1. The van der Waals surface area contributed by atoms with Crippen LogP contribution in [0.25, 0.3) is 0 Å². The Morgan fingerprint density at radius 3 is 2.60 bits per heavy atom. The van der Waals surface area contributed by atoms with Crippen LogP contribution in [0.1, 0.15) is 15.9 Å². The average Bonchev–Trinajstić information content (AvgIpc) is 2.65. The van der Waals surface area contributed by atoms with Gasteiger partial charge in [-0.3, -0.25) is 9.69 Å². The summed E-state index contributed by atoms with van der Waals surface area (Å²) in [4.78, 5) is 15.1. The van der Waals surface area contributed by atoms with Gasteiger partial charge in [0.25, 0.3) is 0 Å². The summed E-state index contributed by atoms with van der Waals surface area (Å²) in [6.07, 6.45) is 0. The summed E-state index contributed by atoms with van der Waals surface area (Å²) in [6.45, 7) is 4.67. The molecular weight excluding hydrogens is 318 g/mol. The van der Waals surface area contributed by atoms with Crippen molar-refractivity contribution in [3.63, 3.8) is 0 Å². The van der Waals surface area contributed by atoms with Crippen molar-refractivity contribution in [1.29, 1.82) is 0 Å². The summed E-state index contributed by atoms with van der Waals surface area (Å²) < 4.78 is 11.2. The highest BCUT2D eigenvalue weighted by Crippen LogP contribution is 2.24. The van der Waals surface area contributed by atoms with E-state index in [1.807, 2.05) is 18.2 Å². The number of ketones is 1. The van der Waals surface area contributed by atoms with Crippen LogP contribution in [-0.4, -0.2) is 50.1 Å². The van der Waals surface area contributed by atoms with E-state index in [0.29, 0.717) is 34.9 Å². The highest BCUT2D eigenvalue weighted by Gasteiger charge is 2.16. The zero-order chi connectivity index (χ0) is 17.6. The molecule has 0 atom stereocenters. The maximum Gasteiger partial charge on any atom is 0.196 e. The minimum absolute atomic E-state index is 0.131. The fraction of sp³-hybridized carbons (Fsp3) is 0.316. The van der Waals surface area contributed by atoms with E-state index in [0.717, 1.165) is 32.8 Å². The molecule has 1 aliphatic heterocycles. The standard InChI is InChI=1S/C19H23N3O3/c20-16-6-5-14(13-17(16)21)19(23)15-3-1-2-4-18(15)25-12-9-22-7-10-24-11-8-22/h1-6,13H,7-12,20-21H2. The summed E-state index contributed by atoms with van der Waals surface area (Å²) in [7, 11) is 0. The van der Waals surface area contributed by atoms with Crippen LogP contribution in [0.5, 0.6) is 5.75 Å². The van der Waals surface area contributed by atoms with E-state index >= 15 is 0 Å². The molecule has 0 amide bonds. The lowest BCUT2D eigenvalue weighted by Gasteiger charge is -2.26. The van der Waals surface area contributed by atoms with E-state index in [2.05, 4.69) is 4.90 Å². The predicted molar refractivity (Wildman–Crippen MR) is 97.9 cm³/mol. The van der Waals surface area contributed by atoms with Crippen molar-refractivity contribution >= 4 is 17.2 Å². The lowest BCUT2D eigenvalue weighted by Crippen LogP contribution is -2.38. The monoisotopic (exact) mass is 341 g/mol. The van der Waals surface area contributed by atoms with E-state index in [1.54, 1.807) is 24.3 Å². The summed E-state index contributed by atoms with van der Waals surface area (Å²) in [5.41, 5.74) is 13.4. The Bertz CT molecular complexity index is 742. The number of benzene rings is 2. The second-order valence-electron chi connectivity index (χ2n) is 5.97. The third-order valence-electron chi connectivity index (χ3n) is 4.25. The van der Waals surface area contributed by atoms with Gasteiger partial charge in [-0.2, -0.15) is 0 Å². The molecule has 0 spiro atoms. The molecule has 1 heterocycles. The number of ether oxygens (including phenoxy) is 2. The summed E-state index contributed by atoms with van der Waals surface area (Å²) in [5.74, 6) is 0.449. The van der Waals surface area contributed by atoms with Crippen molar-refractivity contribution in [2.75, 3.05) is 50.9 Å². The van der Waals surface area contributed by atoms with Gasteiger partial charge in [-0.1, -0.05) is 12.1 Å². The SMILES string of the molecule is Nc1ccc(C(=O)c2ccccc2OCCN2CCOCC2)cc1N. The van der Waals surface area contributed by atoms with Crippen LogP contribution >= 0.6 is 0 Å². The highest BCUT2D eigenvalue weighted by atomic mass is 16.5. The Hall–Kier alpha value is -2.57. The Kier molecular flexibility index (Phi) is 5.53. The van der Waals surface area contributed by atoms with Crippen molar-refractivity contribution in [1.82, 2.24) is 4.90 Å². The molecule has 0 radical (unpaired) electrons. The number of nitrogens with two attached hydrogens (primary N) is 2. The quantitative estimate of drug-likeness (QED) is 0.615. The number of rotatable bonds is 6. The van der Waals surface area contributed by atoms with Crippen molar-refractivity contribution in [3.05, 3.63) is 53.6 Å². The lowest BCUT2D eigenvalue weighted by atomic mass is 10.0. The highest BCUT2D eigenvalue weighted by molar-refractivity contribution is 6.11. The average molecular weight is 341 g/mol. The third-order valence-corrected chi connectivity index (χ3v) is 4.25. The topological polar surface area (TPSA) is 90.8 Å². The summed E-state index contributed by atoms with van der Waals surface area (Å²) in [6, 6.07) is 12.2. The van der Waals surface area contributed by atoms with Crippen LogP contribution < -0.4 is 16.2 Å². The third kappa shape index (κ3) is 4.29. The minimum atomic E-state index is -0.131. The molecule has 0 aliphatic carbocycles. The van der Waals surface area contributed by atoms with Gasteiger partial charge in [-0.05, 0) is 30.3 Å². The number of nitrogens with zero attached hydrogens (tertiary/aromatic N) is 1. The number of hydrogen-bond donors (Lipinski definition) is 2. The maximum atomic E-state index is 12.8. The molecule has 1 aliphatic rings. The molecule has 6 heteroatoms. The van der Waals surface area contributed by atoms with E-state index < -0.39 is 0 Å². The van der Waals surface area contributed by atoms with Gasteiger partial charge in [0.15, 0.2) is 5.78 Å². The molecule has 4 N–H and O–H groups in total. The molecular formula is C19H23N3O3. The largest absolute Gasteiger partial charge is 0.491 e. The fourth-order valence-corrected chi connectivity index (χ4v) is 2.76. The molecule has 6 nitrogen and oxygen atoms in total. The van der Waals surface area contributed by atoms with Crippen LogP contribution in [0.2, 0.25) is 0 Å². The molecule has 0 bridgehead atoms. The summed E-state index contributed by atoms with van der Waals surface area (Å²) in [5, 5.41) is 0. The number of nitrogen functional groups attached to an aromatic ring is 2. The van der Waals surface area contributed by atoms with Gasteiger partial charge >= 0.3 is 0 Å². The maximum absolute atomic E-state index is 12.8. The van der Waals surface area contributed by atoms with Crippen LogP contribution in [0.4, 0.5) is 11.4 Å². The molecule has 0 aromatic heterocycles. The predicted octanol–water partition coefficient (Wildman–Crippen LogP) is 1.79. The number of para-hydroxylation sites is 1. The molecule has 25 heavy (non-hydrogen) atoms. The molecule has 0 unspecified atom stereocenters. The molecule has 2 aromatic carbocycles. The van der Waals surface area contributed by atoms with E-state index in [9.17, 15) is 4.79 Å². The molecule has 0 saturated carbocycles. The van der Waals surface area contributed by atoms with E-state index in [1.165, 1.54) is 0 Å². The van der Waals surface area contributed by atoms with Gasteiger partial charge in [-0.25, -0.2) is 0 Å². The second-order valence-corrected chi connectivity index (χ2v) is 5.97. The van der Waals surface area contributed by atoms with Gasteiger partial charge in [0.05, 0.1) is 30.2 Å². The fourth-order valence-electron chi connectivity index (χ4n) is 2.76. The number of carbonyl (C=O) groups excluding carboxylic acids is 1. The lowest BCUT2D eigenvalue weighted by molar-refractivity contribution is 0.0322. The van der Waals surface area contributed by atoms with Crippen molar-refractivity contribution < 1.29 is 14.3 Å². The first-order valence-corrected chi connectivity index (χ1v) is 8.37. The van der Waals surface area contributed by atoms with Gasteiger partial charge < -0.3 is 20.9 Å². The minimum Gasteiger partial charge on any atom is -0.491 e. The first-order chi connectivity index (χ1) is 12.1. The Morgan fingerprint density at radius 1 is 1.08 bits per heavy atom. The Morgan fingerprint density at radius 2 is 1.84 bits per heavy atom. The first kappa shape index (κ1) is 17.3. The summed E-state index contributed by atoms with van der Waals surface area (Å²) >= 11 is 0. The van der Waals surface area contributed by atoms with Crippen LogP contribution in [0, 0.1) is 0 Å². The number of anilines is 2. The number of hydrogen-bond acceptors (Lipinski definition) is 6. The van der Waals surface area contributed by atoms with Crippen LogP contribution in [0.15, 0.2) is 42.5 Å². The van der Waals surface area contributed by atoms with E-state index in [-0.39, 0.29) is 5.78 Å². The van der Waals surface area contributed by atoms with E-state index in [4.69, 9.17) is 20.9 Å². The Labute approximate surface area is 147 Å². The Balaban J connectivity index is 1.69. The first-order valence-electron chi connectivity index (χ1n) is 8.37. The second kappa shape index (κ2) is 8.00. The molecule has 132 valence electrons. The van der Waals surface area contributed by atoms with Crippen LogP contribution in [0.3, 0.4) is 0 Å². The number of carbonyl (C=O) groups is 1. The molecule has 1 fully saturated rings. The molecule has 1 saturated heterocycles. The number of morpholine rings is 1. The van der Waals surface area contributed by atoms with Crippen molar-refractivity contribution in [3.8, 4) is 5.75 Å². The van der Waals surface area contributed by atoms with Crippen molar-refractivity contribution in [2.24, 2.45) is 0 Å². The van der Waals surface area contributed by atoms with Crippen molar-refractivity contribution in [2.45, 2.75) is 0 Å². The smallest absolute Gasteiger partial charge is 0.196 e. The zero-order valence-electron chi connectivity index (χ0n) is 14.1.